The Morgan fingerprint density at radius 2 is 2.00 bits per heavy atom. The summed E-state index contributed by atoms with van der Waals surface area (Å²) in [5, 5.41) is 3.82. The Morgan fingerprint density at radius 1 is 1.25 bits per heavy atom. The lowest BCUT2D eigenvalue weighted by molar-refractivity contribution is 0.0954. The highest BCUT2D eigenvalue weighted by molar-refractivity contribution is 5.94. The van der Waals surface area contributed by atoms with Gasteiger partial charge in [-0.15, -0.1) is 0 Å². The van der Waals surface area contributed by atoms with Crippen LogP contribution in [0.25, 0.3) is 0 Å². The van der Waals surface area contributed by atoms with Gasteiger partial charge < -0.3 is 4.74 Å². The lowest BCUT2D eigenvalue weighted by atomic mass is 10.2. The average Bonchev–Trinajstić information content (AvgIpc) is 2.48. The van der Waals surface area contributed by atoms with Crippen molar-refractivity contribution in [2.75, 3.05) is 7.11 Å². The van der Waals surface area contributed by atoms with Crippen molar-refractivity contribution in [2.24, 2.45) is 5.10 Å². The molecule has 0 saturated carbocycles. The van der Waals surface area contributed by atoms with E-state index in [-0.39, 0.29) is 5.56 Å². The molecule has 0 bridgehead atoms. The molecule has 0 fully saturated rings. The maximum absolute atomic E-state index is 13.0. The van der Waals surface area contributed by atoms with Crippen molar-refractivity contribution >= 4 is 12.1 Å². The molecule has 0 atom stereocenters. The minimum atomic E-state index is -0.464. The van der Waals surface area contributed by atoms with Crippen LogP contribution in [0.1, 0.15) is 15.9 Å². The van der Waals surface area contributed by atoms with Gasteiger partial charge in [0, 0.05) is 5.56 Å². The van der Waals surface area contributed by atoms with Crippen LogP contribution in [-0.4, -0.2) is 19.2 Å². The van der Waals surface area contributed by atoms with E-state index < -0.39 is 11.7 Å². The Balaban J connectivity index is 1.97. The van der Waals surface area contributed by atoms with E-state index in [4.69, 9.17) is 4.74 Å². The number of methoxy groups -OCH3 is 1. The van der Waals surface area contributed by atoms with Gasteiger partial charge in [-0.1, -0.05) is 6.07 Å². The maximum atomic E-state index is 13.0. The number of nitrogens with one attached hydrogen (secondary N) is 1. The van der Waals surface area contributed by atoms with E-state index >= 15 is 0 Å². The molecule has 5 heteroatoms. The number of halogens is 1. The third-order valence-corrected chi connectivity index (χ3v) is 2.58. The fourth-order valence-corrected chi connectivity index (χ4v) is 1.55. The van der Waals surface area contributed by atoms with Crippen LogP contribution in [0.5, 0.6) is 5.75 Å². The summed E-state index contributed by atoms with van der Waals surface area (Å²) in [4.78, 5) is 11.7. The molecule has 1 amide bonds. The van der Waals surface area contributed by atoms with Crippen LogP contribution in [0.2, 0.25) is 0 Å². The molecule has 0 aromatic heterocycles. The molecule has 2 rings (SSSR count). The lowest BCUT2D eigenvalue weighted by Crippen LogP contribution is -2.17. The Bertz CT molecular complexity index is 624. The fourth-order valence-electron chi connectivity index (χ4n) is 1.55. The van der Waals surface area contributed by atoms with E-state index in [1.807, 2.05) is 0 Å². The molecule has 0 radical (unpaired) electrons. The van der Waals surface area contributed by atoms with Gasteiger partial charge in [-0.25, -0.2) is 9.82 Å². The van der Waals surface area contributed by atoms with Crippen molar-refractivity contribution < 1.29 is 13.9 Å². The Hall–Kier alpha value is -2.69. The molecule has 0 unspecified atom stereocenters. The molecule has 102 valence electrons. The number of hydrazone groups is 1. The zero-order chi connectivity index (χ0) is 14.4. The zero-order valence-corrected chi connectivity index (χ0v) is 10.8. The molecular weight excluding hydrogens is 259 g/mol. The predicted octanol–water partition coefficient (Wildman–Crippen LogP) is 2.60. The smallest absolute Gasteiger partial charge is 0.271 e. The van der Waals surface area contributed by atoms with Gasteiger partial charge in [0.15, 0.2) is 0 Å². The fraction of sp³-hybridized carbons (Fsp3) is 0.0667. The lowest BCUT2D eigenvalue weighted by Gasteiger charge is -2.00. The van der Waals surface area contributed by atoms with Gasteiger partial charge in [0.2, 0.25) is 0 Å². The van der Waals surface area contributed by atoms with Crippen LogP contribution in [0.3, 0.4) is 0 Å². The van der Waals surface area contributed by atoms with Crippen LogP contribution in [0, 0.1) is 5.82 Å². The first-order valence-electron chi connectivity index (χ1n) is 5.92. The number of carbonyl (C=O) groups excluding carboxylic acids is 1. The van der Waals surface area contributed by atoms with Crippen LogP contribution in [-0.2, 0) is 0 Å². The number of benzene rings is 2. The minimum Gasteiger partial charge on any atom is -0.497 e. The van der Waals surface area contributed by atoms with Crippen molar-refractivity contribution in [3.05, 3.63) is 65.5 Å². The molecule has 0 aliphatic heterocycles. The summed E-state index contributed by atoms with van der Waals surface area (Å²) in [6, 6.07) is 12.6. The van der Waals surface area contributed by atoms with E-state index in [0.29, 0.717) is 0 Å². The number of hydrogen-bond acceptors (Lipinski definition) is 3. The summed E-state index contributed by atoms with van der Waals surface area (Å²) >= 11 is 0. The van der Waals surface area contributed by atoms with Crippen LogP contribution < -0.4 is 10.2 Å². The normalized spacial score (nSPS) is 10.5. The molecule has 1 N–H and O–H groups in total. The number of amides is 1. The molecule has 0 heterocycles. The largest absolute Gasteiger partial charge is 0.497 e. The van der Waals surface area contributed by atoms with Gasteiger partial charge in [-0.05, 0) is 48.0 Å². The van der Waals surface area contributed by atoms with Gasteiger partial charge in [-0.3, -0.25) is 4.79 Å². The van der Waals surface area contributed by atoms with E-state index in [9.17, 15) is 9.18 Å². The molecule has 0 aliphatic rings. The van der Waals surface area contributed by atoms with Gasteiger partial charge in [-0.2, -0.15) is 5.10 Å². The second-order valence-corrected chi connectivity index (χ2v) is 3.98. The summed E-state index contributed by atoms with van der Waals surface area (Å²) in [5.74, 6) is -0.183. The monoisotopic (exact) mass is 272 g/mol. The minimum absolute atomic E-state index is 0.219. The molecule has 2 aromatic rings. The highest BCUT2D eigenvalue weighted by Crippen LogP contribution is 2.09. The summed E-state index contributed by atoms with van der Waals surface area (Å²) in [6.45, 7) is 0. The Kier molecular flexibility index (Phi) is 4.44. The quantitative estimate of drug-likeness (QED) is 0.687. The second-order valence-electron chi connectivity index (χ2n) is 3.98. The molecule has 0 saturated heterocycles. The number of nitrogens with zero attached hydrogens (tertiary/aromatic N) is 1. The number of rotatable bonds is 4. The van der Waals surface area contributed by atoms with Gasteiger partial charge in [0.1, 0.15) is 11.6 Å². The van der Waals surface area contributed by atoms with Crippen molar-refractivity contribution in [1.29, 1.82) is 0 Å². The van der Waals surface area contributed by atoms with E-state index in [0.717, 1.165) is 17.4 Å². The number of hydrogen-bond donors (Lipinski definition) is 1. The summed E-state index contributed by atoms with van der Waals surface area (Å²) in [7, 11) is 1.59. The van der Waals surface area contributed by atoms with Crippen molar-refractivity contribution in [3.8, 4) is 5.75 Å². The average molecular weight is 272 g/mol. The van der Waals surface area contributed by atoms with Crippen molar-refractivity contribution in [3.63, 3.8) is 0 Å². The molecular formula is C15H13FN2O2. The summed E-state index contributed by atoms with van der Waals surface area (Å²) in [5.41, 5.74) is 3.37. The zero-order valence-electron chi connectivity index (χ0n) is 10.8. The first-order chi connectivity index (χ1) is 9.69. The van der Waals surface area contributed by atoms with Gasteiger partial charge >= 0.3 is 0 Å². The van der Waals surface area contributed by atoms with Crippen LogP contribution in [0.4, 0.5) is 4.39 Å². The third kappa shape index (κ3) is 3.65. The first kappa shape index (κ1) is 13.7. The highest BCUT2D eigenvalue weighted by atomic mass is 19.1. The van der Waals surface area contributed by atoms with Crippen LogP contribution in [0.15, 0.2) is 53.6 Å². The molecule has 20 heavy (non-hydrogen) atoms. The SMILES string of the molecule is COc1ccc(/C=N/NC(=O)c2cccc(F)c2)cc1. The molecule has 0 spiro atoms. The first-order valence-corrected chi connectivity index (χ1v) is 5.92. The molecule has 4 nitrogen and oxygen atoms in total. The third-order valence-electron chi connectivity index (χ3n) is 2.58. The van der Waals surface area contributed by atoms with Crippen molar-refractivity contribution in [1.82, 2.24) is 5.43 Å². The topological polar surface area (TPSA) is 50.7 Å². The predicted molar refractivity (Wildman–Crippen MR) is 74.5 cm³/mol. The number of carbonyl (C=O) groups is 1. The molecule has 2 aromatic carbocycles. The Labute approximate surface area is 115 Å². The molecule has 0 aliphatic carbocycles. The van der Waals surface area contributed by atoms with Crippen molar-refractivity contribution in [2.45, 2.75) is 0 Å². The van der Waals surface area contributed by atoms with E-state index in [2.05, 4.69) is 10.5 Å². The summed E-state index contributed by atoms with van der Waals surface area (Å²) < 4.78 is 18.0. The van der Waals surface area contributed by atoms with E-state index in [1.54, 1.807) is 31.4 Å². The standard InChI is InChI=1S/C15H13FN2O2/c1-20-14-7-5-11(6-8-14)10-17-18-15(19)12-3-2-4-13(16)9-12/h2-10H,1H3,(H,18,19)/b17-10+. The number of ether oxygens (including phenoxy) is 1. The Morgan fingerprint density at radius 3 is 2.65 bits per heavy atom. The highest BCUT2D eigenvalue weighted by Gasteiger charge is 2.04. The van der Waals surface area contributed by atoms with Crippen LogP contribution >= 0.6 is 0 Å². The summed E-state index contributed by atoms with van der Waals surface area (Å²) in [6.07, 6.45) is 1.50. The van der Waals surface area contributed by atoms with Gasteiger partial charge in [0.05, 0.1) is 13.3 Å². The maximum Gasteiger partial charge on any atom is 0.271 e. The second kappa shape index (κ2) is 6.47. The van der Waals surface area contributed by atoms with E-state index in [1.165, 1.54) is 24.4 Å². The van der Waals surface area contributed by atoms with Gasteiger partial charge in [0.25, 0.3) is 5.91 Å².